The summed E-state index contributed by atoms with van der Waals surface area (Å²) in [6, 6.07) is 11.1. The van der Waals surface area contributed by atoms with Crippen molar-refractivity contribution in [1.82, 2.24) is 19.7 Å². The summed E-state index contributed by atoms with van der Waals surface area (Å²) in [6.45, 7) is -0.256. The minimum Gasteiger partial charge on any atom is -0.497 e. The minimum atomic E-state index is -4.54. The highest BCUT2D eigenvalue weighted by molar-refractivity contribution is 7.92. The summed E-state index contributed by atoms with van der Waals surface area (Å²) >= 11 is 0. The maximum Gasteiger partial charge on any atom is 0.268 e. The van der Waals surface area contributed by atoms with Crippen LogP contribution in [0.2, 0.25) is 0 Å². The first-order valence-electron chi connectivity index (χ1n) is 12.8. The number of halogens is 3. The van der Waals surface area contributed by atoms with Crippen molar-refractivity contribution in [3.8, 4) is 17.2 Å². The molecule has 5 rings (SSSR count). The molecular weight excluding hydrogens is 575 g/mol. The third-order valence-corrected chi connectivity index (χ3v) is 8.88. The molecule has 0 aliphatic heterocycles. The second-order valence-corrected chi connectivity index (χ2v) is 11.6. The highest BCUT2D eigenvalue weighted by Gasteiger charge is 2.49. The van der Waals surface area contributed by atoms with Crippen LogP contribution in [0.1, 0.15) is 30.0 Å². The summed E-state index contributed by atoms with van der Waals surface area (Å²) in [4.78, 5) is 7.26. The Morgan fingerprint density at radius 1 is 1.02 bits per heavy atom. The smallest absolute Gasteiger partial charge is 0.268 e. The molecule has 2 aromatic carbocycles. The summed E-state index contributed by atoms with van der Waals surface area (Å²) in [7, 11) is 0.0174. The lowest BCUT2D eigenvalue weighted by atomic mass is 10.0. The van der Waals surface area contributed by atoms with Gasteiger partial charge in [-0.2, -0.15) is 5.10 Å². The second kappa shape index (κ2) is 11.5. The van der Waals surface area contributed by atoms with Gasteiger partial charge in [-0.1, -0.05) is 0 Å². The van der Waals surface area contributed by atoms with Crippen molar-refractivity contribution in [2.75, 3.05) is 18.5 Å². The van der Waals surface area contributed by atoms with Crippen molar-refractivity contribution >= 4 is 15.8 Å². The third-order valence-electron chi connectivity index (χ3n) is 7.09. The van der Waals surface area contributed by atoms with Crippen LogP contribution in [0.15, 0.2) is 72.1 Å². The van der Waals surface area contributed by atoms with E-state index in [-0.39, 0.29) is 18.1 Å². The molecule has 2 aromatic heterocycles. The number of nitrogens with zero attached hydrogens (tertiary/aromatic N) is 5. The zero-order valence-electron chi connectivity index (χ0n) is 22.9. The van der Waals surface area contributed by atoms with Gasteiger partial charge in [-0.05, 0) is 30.3 Å². The number of methoxy groups -OCH3 is 2. The fourth-order valence-corrected chi connectivity index (χ4v) is 6.50. The number of anilines is 1. The average Bonchev–Trinajstić information content (AvgIpc) is 3.52. The highest BCUT2D eigenvalue weighted by Crippen LogP contribution is 2.46. The van der Waals surface area contributed by atoms with Gasteiger partial charge < -0.3 is 14.2 Å². The second-order valence-electron chi connectivity index (χ2n) is 9.76. The van der Waals surface area contributed by atoms with E-state index in [0.29, 0.717) is 22.8 Å². The lowest BCUT2D eigenvalue weighted by molar-refractivity contribution is -0.00138. The quantitative estimate of drug-likeness (QED) is 0.256. The van der Waals surface area contributed by atoms with Crippen LogP contribution in [-0.4, -0.2) is 54.4 Å². The van der Waals surface area contributed by atoms with Crippen LogP contribution in [-0.2, 0) is 23.6 Å². The highest BCUT2D eigenvalue weighted by atomic mass is 32.2. The molecule has 0 radical (unpaired) electrons. The minimum absolute atomic E-state index is 0.00481. The Balaban J connectivity index is 1.46. The van der Waals surface area contributed by atoms with E-state index in [1.807, 2.05) is 0 Å². The Morgan fingerprint density at radius 3 is 2.45 bits per heavy atom. The number of rotatable bonds is 10. The molecule has 0 N–H and O–H groups in total. The van der Waals surface area contributed by atoms with Gasteiger partial charge in [0.1, 0.15) is 46.2 Å². The lowest BCUT2D eigenvalue weighted by Gasteiger charge is -2.25. The topological polar surface area (TPSA) is 109 Å². The molecule has 0 bridgehead atoms. The monoisotopic (exact) mass is 603 g/mol. The summed E-state index contributed by atoms with van der Waals surface area (Å²) in [5, 5.41) is 4.06. The first-order chi connectivity index (χ1) is 20.0. The Kier molecular flexibility index (Phi) is 7.99. The lowest BCUT2D eigenvalue weighted by Crippen LogP contribution is -2.32. The molecule has 0 spiro atoms. The molecule has 0 amide bonds. The Morgan fingerprint density at radius 2 is 1.81 bits per heavy atom. The van der Waals surface area contributed by atoms with Gasteiger partial charge in [0.15, 0.2) is 0 Å². The van der Waals surface area contributed by atoms with E-state index in [1.54, 1.807) is 31.3 Å². The molecule has 2 heterocycles. The number of ether oxygens (including phenoxy) is 3. The number of hydrogen-bond donors (Lipinski definition) is 0. The van der Waals surface area contributed by atoms with Gasteiger partial charge in [-0.3, -0.25) is 4.68 Å². The van der Waals surface area contributed by atoms with Crippen molar-refractivity contribution < 1.29 is 35.8 Å². The molecule has 2 atom stereocenters. The van der Waals surface area contributed by atoms with Gasteiger partial charge in [-0.25, -0.2) is 35.9 Å². The Labute approximate surface area is 240 Å². The molecule has 1 fully saturated rings. The van der Waals surface area contributed by atoms with Crippen molar-refractivity contribution in [2.24, 2.45) is 7.05 Å². The van der Waals surface area contributed by atoms with Gasteiger partial charge in [0.2, 0.25) is 0 Å². The van der Waals surface area contributed by atoms with Gasteiger partial charge >= 0.3 is 0 Å². The predicted octanol–water partition coefficient (Wildman–Crippen LogP) is 4.72. The molecule has 0 unspecified atom stereocenters. The van der Waals surface area contributed by atoms with Crippen molar-refractivity contribution in [3.05, 3.63) is 84.3 Å². The molecular formula is C28H28F3N5O5S. The first kappa shape index (κ1) is 29.2. The number of aryl methyl sites for hydroxylation is 1. The molecule has 14 heteroatoms. The van der Waals surface area contributed by atoms with Crippen LogP contribution < -0.4 is 18.5 Å². The predicted molar refractivity (Wildman–Crippen MR) is 146 cm³/mol. The first-order valence-corrected chi connectivity index (χ1v) is 14.3. The van der Waals surface area contributed by atoms with E-state index >= 15 is 4.39 Å². The van der Waals surface area contributed by atoms with Crippen LogP contribution in [0.4, 0.5) is 19.0 Å². The van der Waals surface area contributed by atoms with Crippen LogP contribution in [0, 0.1) is 5.82 Å². The van der Waals surface area contributed by atoms with Gasteiger partial charge in [0.25, 0.3) is 15.9 Å². The number of hydrogen-bond acceptors (Lipinski definition) is 8. The number of benzene rings is 2. The van der Waals surface area contributed by atoms with E-state index < -0.39 is 51.5 Å². The third kappa shape index (κ3) is 5.84. The number of alkyl halides is 2. The molecule has 10 nitrogen and oxygen atoms in total. The molecule has 0 saturated heterocycles. The Bertz CT molecular complexity index is 1670. The summed E-state index contributed by atoms with van der Waals surface area (Å²) in [6.07, 6.45) is 2.04. The van der Waals surface area contributed by atoms with E-state index in [2.05, 4.69) is 15.1 Å². The molecule has 42 heavy (non-hydrogen) atoms. The molecule has 4 aromatic rings. The van der Waals surface area contributed by atoms with E-state index in [0.717, 1.165) is 16.4 Å². The molecule has 222 valence electrons. The van der Waals surface area contributed by atoms with Crippen molar-refractivity contribution in [1.29, 1.82) is 0 Å². The number of sulfonamides is 1. The molecule has 1 aliphatic rings. The fourth-order valence-electron chi connectivity index (χ4n) is 5.05. The standard InChI is InChI=1S/C28H28F3N5O5S/c1-35-23(8-11-34-35)21-14-28(30,31)15-25(21)41-20-6-7-26(22(29)12-20)42(37,38)36(27-9-10-32-17-33-27)16-18-4-5-19(39-2)13-24(18)40-3/h4-13,17,21,25H,14-16H2,1-3H3/t21-,25+/m1/s1. The molecule has 1 saturated carbocycles. The normalized spacial score (nSPS) is 18.0. The van der Waals surface area contributed by atoms with Crippen molar-refractivity contribution in [3.63, 3.8) is 0 Å². The van der Waals surface area contributed by atoms with E-state index in [4.69, 9.17) is 14.2 Å². The maximum atomic E-state index is 15.5. The zero-order valence-corrected chi connectivity index (χ0v) is 23.8. The van der Waals surface area contributed by atoms with Crippen molar-refractivity contribution in [2.45, 2.75) is 42.2 Å². The van der Waals surface area contributed by atoms with Gasteiger partial charge in [0, 0.05) is 67.7 Å². The van der Waals surface area contributed by atoms with Crippen LogP contribution in [0.5, 0.6) is 17.2 Å². The van der Waals surface area contributed by atoms with Crippen LogP contribution in [0.25, 0.3) is 0 Å². The summed E-state index contributed by atoms with van der Waals surface area (Å²) in [5.41, 5.74) is 1.02. The van der Waals surface area contributed by atoms with Gasteiger partial charge in [0.05, 0.1) is 20.8 Å². The Hall–Kier alpha value is -4.33. The average molecular weight is 604 g/mol. The fraction of sp³-hybridized carbons (Fsp3) is 0.321. The SMILES string of the molecule is COc1ccc(CN(c2ccncn2)S(=O)(=O)c2ccc(O[C@H]3CC(F)(F)C[C@@H]3c3ccnn3C)cc2F)c(OC)c1. The largest absolute Gasteiger partial charge is 0.497 e. The summed E-state index contributed by atoms with van der Waals surface area (Å²) in [5.74, 6) is -4.02. The molecule has 1 aliphatic carbocycles. The van der Waals surface area contributed by atoms with Crippen LogP contribution in [0.3, 0.4) is 0 Å². The van der Waals surface area contributed by atoms with Gasteiger partial charge in [-0.15, -0.1) is 0 Å². The van der Waals surface area contributed by atoms with Crippen LogP contribution >= 0.6 is 0 Å². The maximum absolute atomic E-state index is 15.5. The summed E-state index contributed by atoms with van der Waals surface area (Å²) < 4.78 is 91.0. The zero-order chi connectivity index (χ0) is 30.1. The van der Waals surface area contributed by atoms with E-state index in [9.17, 15) is 17.2 Å². The number of aromatic nitrogens is 4. The van der Waals surface area contributed by atoms with E-state index in [1.165, 1.54) is 49.8 Å².